The summed E-state index contributed by atoms with van der Waals surface area (Å²) in [5, 5.41) is 0. The van der Waals surface area contributed by atoms with Crippen molar-refractivity contribution in [2.75, 3.05) is 0 Å². The largest absolute Gasteiger partial charge is 0.438 e. The first-order chi connectivity index (χ1) is 12.1. The molecule has 0 radical (unpaired) electrons. The van der Waals surface area contributed by atoms with Crippen molar-refractivity contribution in [1.82, 2.24) is 0 Å². The van der Waals surface area contributed by atoms with Gasteiger partial charge in [0.05, 0.1) is 0 Å². The van der Waals surface area contributed by atoms with Crippen LogP contribution in [0.1, 0.15) is 23.6 Å². The fraction of sp³-hybridized carbons (Fsp3) is 0.0909. The predicted octanol–water partition coefficient (Wildman–Crippen LogP) is 4.11. The van der Waals surface area contributed by atoms with Crippen molar-refractivity contribution in [2.45, 2.75) is 12.5 Å². The van der Waals surface area contributed by atoms with E-state index in [9.17, 15) is 9.59 Å². The number of ether oxygens (including phenoxy) is 1. The fourth-order valence-electron chi connectivity index (χ4n) is 2.91. The van der Waals surface area contributed by atoms with Gasteiger partial charge in [0.25, 0.3) is 0 Å². The Morgan fingerprint density at radius 2 is 0.960 bits per heavy atom. The van der Waals surface area contributed by atoms with Crippen LogP contribution in [0.15, 0.2) is 91.0 Å². The third kappa shape index (κ3) is 3.22. The summed E-state index contributed by atoms with van der Waals surface area (Å²) >= 11 is 0. The Labute approximate surface area is 146 Å². The molecule has 0 heterocycles. The lowest BCUT2D eigenvalue weighted by atomic mass is 9.80. The summed E-state index contributed by atoms with van der Waals surface area (Å²) in [7, 11) is 0. The minimum Gasteiger partial charge on any atom is -0.438 e. The van der Waals surface area contributed by atoms with Crippen LogP contribution in [0, 0.1) is 0 Å². The zero-order valence-corrected chi connectivity index (χ0v) is 13.9. The molecule has 0 atom stereocenters. The van der Waals surface area contributed by atoms with Gasteiger partial charge in [0.2, 0.25) is 5.78 Å². The van der Waals surface area contributed by atoms with Crippen molar-refractivity contribution in [3.8, 4) is 0 Å². The molecule has 0 saturated carbocycles. The van der Waals surface area contributed by atoms with Crippen LogP contribution in [0.25, 0.3) is 0 Å². The smallest absolute Gasteiger partial charge is 0.375 e. The molecule has 124 valence electrons. The first kappa shape index (κ1) is 16.7. The summed E-state index contributed by atoms with van der Waals surface area (Å²) in [4.78, 5) is 23.9. The molecule has 0 unspecified atom stereocenters. The zero-order valence-electron chi connectivity index (χ0n) is 13.9. The summed E-state index contributed by atoms with van der Waals surface area (Å²) < 4.78 is 5.87. The number of rotatable bonds is 5. The van der Waals surface area contributed by atoms with Crippen LogP contribution in [0.5, 0.6) is 0 Å². The third-order valence-corrected chi connectivity index (χ3v) is 4.07. The Hall–Kier alpha value is -3.20. The summed E-state index contributed by atoms with van der Waals surface area (Å²) in [6.45, 7) is 1.22. The van der Waals surface area contributed by atoms with Crippen LogP contribution in [0.4, 0.5) is 0 Å². The molecule has 0 spiro atoms. The Bertz CT molecular complexity index is 759. The van der Waals surface area contributed by atoms with Gasteiger partial charge in [-0.1, -0.05) is 91.0 Å². The molecule has 0 fully saturated rings. The monoisotopic (exact) mass is 330 g/mol. The van der Waals surface area contributed by atoms with Crippen molar-refractivity contribution in [2.24, 2.45) is 0 Å². The maximum atomic E-state index is 12.3. The van der Waals surface area contributed by atoms with Gasteiger partial charge in [-0.05, 0) is 0 Å². The van der Waals surface area contributed by atoms with Crippen LogP contribution < -0.4 is 0 Å². The first-order valence-corrected chi connectivity index (χ1v) is 8.05. The molecule has 0 saturated heterocycles. The van der Waals surface area contributed by atoms with Crippen LogP contribution >= 0.6 is 0 Å². The molecule has 3 aromatic rings. The van der Waals surface area contributed by atoms with E-state index in [1.54, 1.807) is 0 Å². The summed E-state index contributed by atoms with van der Waals surface area (Å²) in [6.07, 6.45) is 0. The van der Waals surface area contributed by atoms with Crippen molar-refractivity contribution < 1.29 is 14.3 Å². The summed E-state index contributed by atoms with van der Waals surface area (Å²) in [5.74, 6) is -1.50. The molecule has 0 aliphatic carbocycles. The van der Waals surface area contributed by atoms with Crippen molar-refractivity contribution in [3.63, 3.8) is 0 Å². The SMILES string of the molecule is CC(=O)C(=O)OC(c1ccccc1)(c1ccccc1)c1ccccc1. The molecule has 0 aliphatic heterocycles. The van der Waals surface area contributed by atoms with Gasteiger partial charge in [0.15, 0.2) is 5.60 Å². The predicted molar refractivity (Wildman–Crippen MR) is 96.0 cm³/mol. The second kappa shape index (κ2) is 7.14. The Morgan fingerprint density at radius 1 is 0.640 bits per heavy atom. The van der Waals surface area contributed by atoms with Gasteiger partial charge in [0, 0.05) is 23.6 Å². The number of benzene rings is 3. The Balaban J connectivity index is 2.31. The standard InChI is InChI=1S/C22H18O3/c1-17(23)21(24)25-22(18-11-5-2-6-12-18,19-13-7-3-8-14-19)20-15-9-4-10-16-20/h2-16H,1H3. The molecular formula is C22H18O3. The minimum absolute atomic E-state index is 0.632. The number of ketones is 1. The van der Waals surface area contributed by atoms with Crippen LogP contribution in [0.2, 0.25) is 0 Å². The van der Waals surface area contributed by atoms with Crippen molar-refractivity contribution in [1.29, 1.82) is 0 Å². The van der Waals surface area contributed by atoms with E-state index in [0.29, 0.717) is 0 Å². The molecule has 3 rings (SSSR count). The molecule has 25 heavy (non-hydrogen) atoms. The maximum Gasteiger partial charge on any atom is 0.375 e. The molecule has 0 aliphatic rings. The topological polar surface area (TPSA) is 43.4 Å². The molecule has 3 heteroatoms. The van der Waals surface area contributed by atoms with Gasteiger partial charge in [-0.3, -0.25) is 4.79 Å². The quantitative estimate of drug-likeness (QED) is 0.402. The minimum atomic E-state index is -1.19. The third-order valence-electron chi connectivity index (χ3n) is 4.07. The highest BCUT2D eigenvalue weighted by Gasteiger charge is 2.41. The van der Waals surface area contributed by atoms with Crippen LogP contribution in [-0.2, 0) is 19.9 Å². The van der Waals surface area contributed by atoms with Crippen LogP contribution in [0.3, 0.4) is 0 Å². The molecule has 3 aromatic carbocycles. The number of carbonyl (C=O) groups is 2. The van der Waals surface area contributed by atoms with Crippen LogP contribution in [-0.4, -0.2) is 11.8 Å². The summed E-state index contributed by atoms with van der Waals surface area (Å²) in [5.41, 5.74) is 1.15. The summed E-state index contributed by atoms with van der Waals surface area (Å²) in [6, 6.07) is 28.4. The van der Waals surface area contributed by atoms with Crippen molar-refractivity contribution >= 4 is 11.8 Å². The molecule has 0 aromatic heterocycles. The molecule has 0 N–H and O–H groups in total. The lowest BCUT2D eigenvalue weighted by Crippen LogP contribution is -2.37. The van der Waals surface area contributed by atoms with Gasteiger partial charge in [-0.2, -0.15) is 0 Å². The first-order valence-electron chi connectivity index (χ1n) is 8.05. The van der Waals surface area contributed by atoms with Gasteiger partial charge in [-0.25, -0.2) is 4.79 Å². The fourth-order valence-corrected chi connectivity index (χ4v) is 2.91. The molecule has 3 nitrogen and oxygen atoms in total. The number of hydrogen-bond donors (Lipinski definition) is 0. The number of carbonyl (C=O) groups excluding carboxylic acids is 2. The van der Waals surface area contributed by atoms with E-state index in [2.05, 4.69) is 0 Å². The maximum absolute atomic E-state index is 12.3. The lowest BCUT2D eigenvalue weighted by molar-refractivity contribution is -0.160. The highest BCUT2D eigenvalue weighted by Crippen LogP contribution is 2.40. The second-order valence-corrected chi connectivity index (χ2v) is 5.72. The Kier molecular flexibility index (Phi) is 4.75. The highest BCUT2D eigenvalue weighted by molar-refractivity contribution is 6.32. The van der Waals surface area contributed by atoms with E-state index in [1.807, 2.05) is 91.0 Å². The zero-order chi connectivity index (χ0) is 17.7. The molecule has 0 amide bonds. The van der Waals surface area contributed by atoms with Gasteiger partial charge >= 0.3 is 5.97 Å². The van der Waals surface area contributed by atoms with Gasteiger partial charge in [-0.15, -0.1) is 0 Å². The van der Waals surface area contributed by atoms with E-state index >= 15 is 0 Å². The lowest BCUT2D eigenvalue weighted by Gasteiger charge is -2.34. The number of hydrogen-bond acceptors (Lipinski definition) is 3. The van der Waals surface area contributed by atoms with E-state index in [1.165, 1.54) is 6.92 Å². The van der Waals surface area contributed by atoms with Crippen molar-refractivity contribution in [3.05, 3.63) is 108 Å². The van der Waals surface area contributed by atoms with Gasteiger partial charge < -0.3 is 4.74 Å². The number of esters is 1. The average molecular weight is 330 g/mol. The molecule has 0 bridgehead atoms. The second-order valence-electron chi connectivity index (χ2n) is 5.72. The van der Waals surface area contributed by atoms with E-state index < -0.39 is 17.4 Å². The van der Waals surface area contributed by atoms with E-state index in [0.717, 1.165) is 16.7 Å². The highest BCUT2D eigenvalue weighted by atomic mass is 16.6. The van der Waals surface area contributed by atoms with Gasteiger partial charge in [0.1, 0.15) is 0 Å². The normalized spacial score (nSPS) is 10.9. The number of Topliss-reactive ketones (excluding diaryl/α,β-unsaturated/α-hetero) is 1. The Morgan fingerprint density at radius 3 is 1.24 bits per heavy atom. The van der Waals surface area contributed by atoms with E-state index in [-0.39, 0.29) is 0 Å². The van der Waals surface area contributed by atoms with E-state index in [4.69, 9.17) is 4.74 Å². The molecular weight excluding hydrogens is 312 g/mol. The average Bonchev–Trinajstić information content (AvgIpc) is 2.68.